The summed E-state index contributed by atoms with van der Waals surface area (Å²) in [4.78, 5) is 39.0. The van der Waals surface area contributed by atoms with Crippen molar-refractivity contribution in [2.24, 2.45) is 5.92 Å². The highest BCUT2D eigenvalue weighted by Gasteiger charge is 2.42. The van der Waals surface area contributed by atoms with Crippen molar-refractivity contribution in [3.8, 4) is 10.4 Å². The zero-order valence-corrected chi connectivity index (χ0v) is 21.4. The molecule has 7 nitrogen and oxygen atoms in total. The van der Waals surface area contributed by atoms with Crippen molar-refractivity contribution in [2.45, 2.75) is 58.7 Å². The molecule has 180 valence electrons. The Kier molecular flexibility index (Phi) is 7.45. The Balaban J connectivity index is 1.43. The van der Waals surface area contributed by atoms with Crippen LogP contribution in [0.4, 0.5) is 0 Å². The van der Waals surface area contributed by atoms with E-state index in [-0.39, 0.29) is 30.7 Å². The molecule has 0 bridgehead atoms. The van der Waals surface area contributed by atoms with E-state index in [1.54, 1.807) is 17.5 Å². The molecule has 1 unspecified atom stereocenters. The maximum absolute atomic E-state index is 13.5. The van der Waals surface area contributed by atoms with Crippen LogP contribution in [0.25, 0.3) is 10.4 Å². The first-order chi connectivity index (χ1) is 16.2. The third-order valence-electron chi connectivity index (χ3n) is 6.13. The number of thiazole rings is 2. The maximum atomic E-state index is 13.5. The molecule has 1 aromatic carbocycles. The predicted molar refractivity (Wildman–Crippen MR) is 135 cm³/mol. The van der Waals surface area contributed by atoms with E-state index in [9.17, 15) is 14.7 Å². The van der Waals surface area contributed by atoms with Crippen LogP contribution in [0, 0.1) is 19.8 Å². The minimum atomic E-state index is -0.715. The van der Waals surface area contributed by atoms with Gasteiger partial charge in [-0.05, 0) is 30.9 Å². The fourth-order valence-electron chi connectivity index (χ4n) is 4.34. The molecule has 0 aliphatic carbocycles. The van der Waals surface area contributed by atoms with Crippen molar-refractivity contribution in [2.75, 3.05) is 6.54 Å². The summed E-state index contributed by atoms with van der Waals surface area (Å²) >= 11 is 3.11. The van der Waals surface area contributed by atoms with Gasteiger partial charge in [0.1, 0.15) is 11.0 Å². The zero-order valence-electron chi connectivity index (χ0n) is 19.8. The quantitative estimate of drug-likeness (QED) is 0.515. The number of rotatable bonds is 7. The summed E-state index contributed by atoms with van der Waals surface area (Å²) in [6.07, 6.45) is 1.29. The van der Waals surface area contributed by atoms with E-state index < -0.39 is 18.1 Å². The third kappa shape index (κ3) is 5.21. The normalized spacial score (nSPS) is 18.9. The lowest BCUT2D eigenvalue weighted by Crippen LogP contribution is -2.48. The van der Waals surface area contributed by atoms with Gasteiger partial charge in [-0.25, -0.2) is 9.97 Å². The number of amides is 2. The van der Waals surface area contributed by atoms with Crippen LogP contribution >= 0.6 is 22.7 Å². The van der Waals surface area contributed by atoms with Gasteiger partial charge in [-0.3, -0.25) is 9.59 Å². The number of hydrogen-bond acceptors (Lipinski definition) is 7. The molecule has 1 aliphatic rings. The fraction of sp³-hybridized carbons (Fsp3) is 0.440. The van der Waals surface area contributed by atoms with Crippen molar-refractivity contribution < 1.29 is 14.7 Å². The molecule has 3 heterocycles. The molecule has 0 radical (unpaired) electrons. The first-order valence-corrected chi connectivity index (χ1v) is 13.1. The molecule has 34 heavy (non-hydrogen) atoms. The lowest BCUT2D eigenvalue weighted by molar-refractivity contribution is -0.140. The van der Waals surface area contributed by atoms with Crippen LogP contribution in [0.1, 0.15) is 47.3 Å². The second kappa shape index (κ2) is 10.3. The average molecular weight is 499 g/mol. The first kappa shape index (κ1) is 24.5. The summed E-state index contributed by atoms with van der Waals surface area (Å²) in [6, 6.07) is 7.34. The standard InChI is InChI=1S/C25H30N4O3S2/c1-14(2)21(24-27-10-15(3)34-24)25(32)29-12-19(30)9-20(29)23(31)26-11-17-5-7-18(8-6-17)22-16(4)28-13-33-22/h5-8,10,13-14,19-21,30H,9,11-12H2,1-4H3,(H,26,31)/t19-,20+,21?/m1/s1. The highest BCUT2D eigenvalue weighted by atomic mass is 32.1. The van der Waals surface area contributed by atoms with E-state index in [2.05, 4.69) is 15.3 Å². The van der Waals surface area contributed by atoms with E-state index in [4.69, 9.17) is 0 Å². The summed E-state index contributed by atoms with van der Waals surface area (Å²) < 4.78 is 0. The molecule has 0 spiro atoms. The molecule has 1 aliphatic heterocycles. The molecule has 2 N–H and O–H groups in total. The number of nitrogens with one attached hydrogen (secondary N) is 1. The van der Waals surface area contributed by atoms with E-state index >= 15 is 0 Å². The number of β-amino-alcohol motifs (C(OH)–C–C–N with tert-alkyl or cyclic N) is 1. The Morgan fingerprint density at radius 1 is 1.21 bits per heavy atom. The average Bonchev–Trinajstić information content (AvgIpc) is 3.52. The number of nitrogens with zero attached hydrogens (tertiary/aromatic N) is 3. The monoisotopic (exact) mass is 498 g/mol. The largest absolute Gasteiger partial charge is 0.391 e. The number of hydrogen-bond donors (Lipinski definition) is 2. The second-order valence-electron chi connectivity index (χ2n) is 9.11. The Morgan fingerprint density at radius 2 is 1.94 bits per heavy atom. The number of aromatic nitrogens is 2. The van der Waals surface area contributed by atoms with E-state index in [1.807, 2.05) is 57.5 Å². The number of carbonyl (C=O) groups excluding carboxylic acids is 2. The third-order valence-corrected chi connectivity index (χ3v) is 8.10. The van der Waals surface area contributed by atoms with Crippen LogP contribution in [0.15, 0.2) is 36.0 Å². The van der Waals surface area contributed by atoms with Crippen LogP contribution < -0.4 is 5.32 Å². The van der Waals surface area contributed by atoms with E-state index in [0.717, 1.165) is 31.6 Å². The highest BCUT2D eigenvalue weighted by molar-refractivity contribution is 7.13. The van der Waals surface area contributed by atoms with Gasteiger partial charge in [-0.2, -0.15) is 0 Å². The summed E-state index contributed by atoms with van der Waals surface area (Å²) in [5.74, 6) is -0.794. The SMILES string of the molecule is Cc1cnc(C(C(=O)N2C[C@H](O)C[C@H]2C(=O)NCc2ccc(-c3scnc3C)cc2)C(C)C)s1. The van der Waals surface area contributed by atoms with Gasteiger partial charge in [0.05, 0.1) is 28.1 Å². The summed E-state index contributed by atoms with van der Waals surface area (Å²) in [7, 11) is 0. The lowest BCUT2D eigenvalue weighted by atomic mass is 9.94. The van der Waals surface area contributed by atoms with Crippen molar-refractivity contribution in [3.63, 3.8) is 0 Å². The van der Waals surface area contributed by atoms with Gasteiger partial charge in [0.25, 0.3) is 0 Å². The molecular weight excluding hydrogens is 468 g/mol. The highest BCUT2D eigenvalue weighted by Crippen LogP contribution is 2.33. The Bertz CT molecular complexity index is 1160. The summed E-state index contributed by atoms with van der Waals surface area (Å²) in [5.41, 5.74) is 4.90. The van der Waals surface area contributed by atoms with Gasteiger partial charge in [-0.15, -0.1) is 22.7 Å². The minimum absolute atomic E-state index is 0.0280. The molecular formula is C25H30N4O3S2. The van der Waals surface area contributed by atoms with Gasteiger partial charge >= 0.3 is 0 Å². The van der Waals surface area contributed by atoms with Crippen molar-refractivity contribution in [1.29, 1.82) is 0 Å². The van der Waals surface area contributed by atoms with Gasteiger partial charge in [0.2, 0.25) is 11.8 Å². The van der Waals surface area contributed by atoms with Crippen LogP contribution in [0.2, 0.25) is 0 Å². The molecule has 2 aromatic heterocycles. The molecule has 0 saturated carbocycles. The maximum Gasteiger partial charge on any atom is 0.243 e. The Labute approximate surface area is 207 Å². The van der Waals surface area contributed by atoms with Gasteiger partial charge in [0, 0.05) is 30.6 Å². The summed E-state index contributed by atoms with van der Waals surface area (Å²) in [5, 5.41) is 14.0. The van der Waals surface area contributed by atoms with Crippen LogP contribution in [-0.2, 0) is 16.1 Å². The van der Waals surface area contributed by atoms with Crippen LogP contribution in [0.5, 0.6) is 0 Å². The smallest absolute Gasteiger partial charge is 0.243 e. The topological polar surface area (TPSA) is 95.4 Å². The molecule has 3 aromatic rings. The minimum Gasteiger partial charge on any atom is -0.391 e. The number of aliphatic hydroxyl groups excluding tert-OH is 1. The van der Waals surface area contributed by atoms with Gasteiger partial charge in [-0.1, -0.05) is 38.1 Å². The van der Waals surface area contributed by atoms with Gasteiger partial charge in [0.15, 0.2) is 0 Å². The molecule has 2 amide bonds. The summed E-state index contributed by atoms with van der Waals surface area (Å²) in [6.45, 7) is 8.44. The van der Waals surface area contributed by atoms with Gasteiger partial charge < -0.3 is 15.3 Å². The van der Waals surface area contributed by atoms with Crippen LogP contribution in [0.3, 0.4) is 0 Å². The second-order valence-corrected chi connectivity index (χ2v) is 11.2. The molecule has 9 heteroatoms. The number of aliphatic hydroxyl groups is 1. The molecule has 4 rings (SSSR count). The number of carbonyl (C=O) groups is 2. The lowest BCUT2D eigenvalue weighted by Gasteiger charge is -2.29. The van der Waals surface area contributed by atoms with Crippen molar-refractivity contribution >= 4 is 34.5 Å². The number of benzene rings is 1. The fourth-order valence-corrected chi connectivity index (χ4v) is 6.19. The van der Waals surface area contributed by atoms with E-state index in [0.29, 0.717) is 6.54 Å². The molecule has 3 atom stereocenters. The predicted octanol–water partition coefficient (Wildman–Crippen LogP) is 3.90. The number of likely N-dealkylation sites (tertiary alicyclic amines) is 1. The number of aryl methyl sites for hydroxylation is 2. The molecule has 1 saturated heterocycles. The van der Waals surface area contributed by atoms with E-state index in [1.165, 1.54) is 16.2 Å². The first-order valence-electron chi connectivity index (χ1n) is 11.4. The Hall–Kier alpha value is -2.62. The Morgan fingerprint density at radius 3 is 2.53 bits per heavy atom. The van der Waals surface area contributed by atoms with Crippen LogP contribution in [-0.4, -0.2) is 50.5 Å². The van der Waals surface area contributed by atoms with Crippen molar-refractivity contribution in [1.82, 2.24) is 20.2 Å². The van der Waals surface area contributed by atoms with Crippen molar-refractivity contribution in [3.05, 3.63) is 57.1 Å². The molecule has 1 fully saturated rings. The zero-order chi connectivity index (χ0) is 24.4.